The van der Waals surface area contributed by atoms with Crippen LogP contribution >= 0.6 is 17.0 Å². The summed E-state index contributed by atoms with van der Waals surface area (Å²) in [6.45, 7) is 11.1. The molecule has 1 atom stereocenters. The van der Waals surface area contributed by atoms with Gasteiger partial charge in [-0.2, -0.15) is 0 Å². The van der Waals surface area contributed by atoms with Gasteiger partial charge >= 0.3 is 37.9 Å². The van der Waals surface area contributed by atoms with Crippen molar-refractivity contribution in [2.45, 2.75) is 76.7 Å². The first kappa shape index (κ1) is 27.3. The molecule has 0 aromatic rings. The Bertz CT molecular complexity index is 239. The van der Waals surface area contributed by atoms with E-state index in [1.165, 1.54) is 44.8 Å². The molecule has 0 aromatic heterocycles. The molecule has 2 rings (SSSR count). The molecule has 5 heteroatoms. The van der Waals surface area contributed by atoms with Crippen LogP contribution < -0.4 is 0 Å². The number of hydrogen-bond acceptors (Lipinski definition) is 0. The third kappa shape index (κ3) is 14.8. The standard InChI is InChI=1S/C9H21BSi.C5H8.2CH3.2ClH.Zr/c1-10-8-6-5-7-9(10)11(2,3)4;1-2-4-5-3-1;;;;;/h9H,5-8H2,1-4H3;1-2H,3-5H2;2*1H3;2*1H;/q;;2*-1;;;+4/p-2. The summed E-state index contributed by atoms with van der Waals surface area (Å²) in [7, 11) is 9.05. The molecule has 2 aliphatic rings. The van der Waals surface area contributed by atoms with E-state index in [1.807, 2.05) is 0 Å². The molecule has 0 amide bonds. The second-order valence-corrected chi connectivity index (χ2v) is 15.9. The summed E-state index contributed by atoms with van der Waals surface area (Å²) in [5.74, 6) is 0. The van der Waals surface area contributed by atoms with Crippen LogP contribution in [0.25, 0.3) is 0 Å². The van der Waals surface area contributed by atoms with Crippen molar-refractivity contribution in [2.24, 2.45) is 0 Å². The van der Waals surface area contributed by atoms with Gasteiger partial charge < -0.3 is 14.9 Å². The van der Waals surface area contributed by atoms with Crippen LogP contribution in [0.1, 0.15) is 38.5 Å². The van der Waals surface area contributed by atoms with E-state index in [-0.39, 0.29) is 14.9 Å². The van der Waals surface area contributed by atoms with Gasteiger partial charge in [-0.05, 0) is 19.3 Å². The van der Waals surface area contributed by atoms with Gasteiger partial charge in [-0.15, -0.1) is 0 Å². The molecule has 0 saturated carbocycles. The molecular formula is C16H35BCl2SiZr. The van der Waals surface area contributed by atoms with Crippen molar-refractivity contribution in [2.75, 3.05) is 0 Å². The van der Waals surface area contributed by atoms with E-state index in [1.54, 1.807) is 0 Å². The summed E-state index contributed by atoms with van der Waals surface area (Å²) < 4.78 is 0. The van der Waals surface area contributed by atoms with Crippen molar-refractivity contribution in [3.63, 3.8) is 0 Å². The Hall–Kier alpha value is 1.48. The van der Waals surface area contributed by atoms with E-state index in [0.717, 1.165) is 12.2 Å². The number of rotatable bonds is 1. The van der Waals surface area contributed by atoms with Gasteiger partial charge in [0.15, 0.2) is 0 Å². The summed E-state index contributed by atoms with van der Waals surface area (Å²) in [4.78, 5) is 0. The van der Waals surface area contributed by atoms with Gasteiger partial charge in [0.1, 0.15) is 6.71 Å². The maximum atomic E-state index is 4.93. The number of halogens is 2. The first-order valence-electron chi connectivity index (χ1n) is 7.54. The molecule has 1 aliphatic carbocycles. The van der Waals surface area contributed by atoms with Crippen LogP contribution in [0, 0.1) is 14.9 Å². The molecule has 0 nitrogen and oxygen atoms in total. The second kappa shape index (κ2) is 16.3. The van der Waals surface area contributed by atoms with Crippen LogP contribution in [0.3, 0.4) is 0 Å². The molecule has 1 fully saturated rings. The minimum atomic E-state index is -0.826. The minimum absolute atomic E-state index is 0. The summed E-state index contributed by atoms with van der Waals surface area (Å²) >= 11 is -0.826. The van der Waals surface area contributed by atoms with Crippen LogP contribution in [0.2, 0.25) is 38.2 Å². The quantitative estimate of drug-likeness (QED) is 0.230. The summed E-state index contributed by atoms with van der Waals surface area (Å²) in [5, 5.41) is 0. The van der Waals surface area contributed by atoms with Crippen molar-refractivity contribution in [1.82, 2.24) is 0 Å². The van der Waals surface area contributed by atoms with E-state index >= 15 is 0 Å². The van der Waals surface area contributed by atoms with Crippen LogP contribution in [0.15, 0.2) is 12.2 Å². The summed E-state index contributed by atoms with van der Waals surface area (Å²) in [5.41, 5.74) is 1.11. The predicted molar refractivity (Wildman–Crippen MR) is 105 cm³/mol. The zero-order valence-electron chi connectivity index (χ0n) is 15.0. The molecule has 1 heterocycles. The first-order chi connectivity index (χ1) is 8.93. The van der Waals surface area contributed by atoms with E-state index in [2.05, 4.69) is 38.6 Å². The molecule has 1 unspecified atom stereocenters. The Morgan fingerprint density at radius 1 is 1.00 bits per heavy atom. The average Bonchev–Trinajstić information content (AvgIpc) is 2.87. The van der Waals surface area contributed by atoms with Gasteiger partial charge in [-0.25, -0.2) is 0 Å². The number of allylic oxidation sites excluding steroid dienone is 2. The fraction of sp³-hybridized carbons (Fsp3) is 0.750. The topological polar surface area (TPSA) is 0 Å². The average molecular weight is 428 g/mol. The van der Waals surface area contributed by atoms with Gasteiger partial charge in [0.2, 0.25) is 0 Å². The summed E-state index contributed by atoms with van der Waals surface area (Å²) in [6.07, 6.45) is 14.5. The molecule has 1 saturated heterocycles. The normalized spacial score (nSPS) is 19.7. The Kier molecular flexibility index (Phi) is 21.3. The van der Waals surface area contributed by atoms with Crippen LogP contribution in [-0.4, -0.2) is 14.8 Å². The van der Waals surface area contributed by atoms with Gasteiger partial charge in [0, 0.05) is 8.07 Å². The van der Waals surface area contributed by atoms with Crippen molar-refractivity contribution in [1.29, 1.82) is 0 Å². The van der Waals surface area contributed by atoms with E-state index in [9.17, 15) is 0 Å². The molecule has 124 valence electrons. The Morgan fingerprint density at radius 2 is 1.48 bits per heavy atom. The molecule has 0 bridgehead atoms. The Morgan fingerprint density at radius 3 is 1.71 bits per heavy atom. The monoisotopic (exact) mass is 426 g/mol. The van der Waals surface area contributed by atoms with Gasteiger partial charge in [-0.3, -0.25) is 0 Å². The predicted octanol–water partition coefficient (Wildman–Crippen LogP) is 7.55. The van der Waals surface area contributed by atoms with E-state index in [0.29, 0.717) is 0 Å². The second-order valence-electron chi connectivity index (χ2n) is 6.71. The van der Waals surface area contributed by atoms with Gasteiger partial charge in [0.05, 0.1) is 0 Å². The van der Waals surface area contributed by atoms with Gasteiger partial charge in [0.25, 0.3) is 0 Å². The van der Waals surface area contributed by atoms with Crippen LogP contribution in [-0.2, 0) is 20.8 Å². The molecule has 0 spiro atoms. The maximum absolute atomic E-state index is 4.93. The molecular weight excluding hydrogens is 393 g/mol. The third-order valence-corrected chi connectivity index (χ3v) is 7.21. The molecule has 1 aliphatic heterocycles. The molecule has 0 N–H and O–H groups in total. The Balaban J connectivity index is -0.000000274. The Labute approximate surface area is 155 Å². The van der Waals surface area contributed by atoms with Crippen molar-refractivity contribution in [3.05, 3.63) is 27.0 Å². The SMILES string of the molecule is C1=CCCC1.CB1CCCCC1[Si](C)(C)C.[CH3-].[CH3-].[Cl][Zr+2][Cl]. The molecule has 0 aromatic carbocycles. The first-order valence-corrected chi connectivity index (χ1v) is 17.5. The zero-order valence-corrected chi connectivity index (χ0v) is 20.0. The van der Waals surface area contributed by atoms with E-state index in [4.69, 9.17) is 17.0 Å². The number of hydrogen-bond donors (Lipinski definition) is 0. The molecule has 21 heavy (non-hydrogen) atoms. The summed E-state index contributed by atoms with van der Waals surface area (Å²) in [6, 6.07) is 0. The fourth-order valence-corrected chi connectivity index (χ4v) is 6.14. The van der Waals surface area contributed by atoms with Crippen LogP contribution in [0.5, 0.6) is 0 Å². The van der Waals surface area contributed by atoms with Gasteiger partial charge in [-0.1, -0.05) is 69.6 Å². The van der Waals surface area contributed by atoms with Crippen molar-refractivity contribution < 1.29 is 20.8 Å². The van der Waals surface area contributed by atoms with Crippen molar-refractivity contribution >= 4 is 31.8 Å². The molecule has 0 radical (unpaired) electrons. The van der Waals surface area contributed by atoms with Crippen molar-refractivity contribution in [3.8, 4) is 0 Å². The fourth-order valence-electron chi connectivity index (χ4n) is 3.19. The van der Waals surface area contributed by atoms with E-state index < -0.39 is 28.9 Å². The van der Waals surface area contributed by atoms with Crippen LogP contribution in [0.4, 0.5) is 0 Å². The zero-order chi connectivity index (χ0) is 14.7. The third-order valence-electron chi connectivity index (χ3n) is 4.13.